The molecule has 0 atom stereocenters. The second-order valence-electron chi connectivity index (χ2n) is 5.92. The summed E-state index contributed by atoms with van der Waals surface area (Å²) in [5.41, 5.74) is 3.01. The number of piperidine rings is 1. The molecule has 3 nitrogen and oxygen atoms in total. The van der Waals surface area contributed by atoms with E-state index in [0.717, 1.165) is 48.4 Å². The average Bonchev–Trinajstić information content (AvgIpc) is 2.44. The Morgan fingerprint density at radius 3 is 2.45 bits per heavy atom. The maximum absolute atomic E-state index is 12.6. The SMILES string of the molecule is Cc1c(OC(C)C)ccc(C(=O)C2CCNCC2)c1C. The smallest absolute Gasteiger partial charge is 0.166 e. The lowest BCUT2D eigenvalue weighted by Gasteiger charge is -2.23. The molecule has 110 valence electrons. The molecule has 1 heterocycles. The molecule has 2 rings (SSSR count). The number of carbonyl (C=O) groups is 1. The highest BCUT2D eigenvalue weighted by Crippen LogP contribution is 2.28. The van der Waals surface area contributed by atoms with Gasteiger partial charge in [-0.3, -0.25) is 4.79 Å². The summed E-state index contributed by atoms with van der Waals surface area (Å²) >= 11 is 0. The lowest BCUT2D eigenvalue weighted by Crippen LogP contribution is -2.32. The van der Waals surface area contributed by atoms with E-state index in [1.807, 2.05) is 39.8 Å². The predicted octanol–water partition coefficient (Wildman–Crippen LogP) is 3.27. The van der Waals surface area contributed by atoms with E-state index in [0.29, 0.717) is 5.78 Å². The second kappa shape index (κ2) is 6.40. The quantitative estimate of drug-likeness (QED) is 0.857. The van der Waals surface area contributed by atoms with Crippen molar-refractivity contribution in [1.29, 1.82) is 0 Å². The number of hydrogen-bond donors (Lipinski definition) is 1. The van der Waals surface area contributed by atoms with Crippen LogP contribution in [0.25, 0.3) is 0 Å². The Morgan fingerprint density at radius 1 is 1.20 bits per heavy atom. The lowest BCUT2D eigenvalue weighted by atomic mass is 9.87. The van der Waals surface area contributed by atoms with Crippen molar-refractivity contribution in [3.63, 3.8) is 0 Å². The molecular formula is C17H25NO2. The minimum Gasteiger partial charge on any atom is -0.491 e. The van der Waals surface area contributed by atoms with Crippen LogP contribution in [0.4, 0.5) is 0 Å². The molecule has 0 aromatic heterocycles. The second-order valence-corrected chi connectivity index (χ2v) is 5.92. The van der Waals surface area contributed by atoms with Gasteiger partial charge in [-0.1, -0.05) is 0 Å². The monoisotopic (exact) mass is 275 g/mol. The summed E-state index contributed by atoms with van der Waals surface area (Å²) < 4.78 is 5.78. The Hall–Kier alpha value is -1.35. The van der Waals surface area contributed by atoms with E-state index in [9.17, 15) is 4.79 Å². The zero-order valence-corrected chi connectivity index (χ0v) is 13.0. The summed E-state index contributed by atoms with van der Waals surface area (Å²) in [7, 11) is 0. The molecule has 1 aliphatic rings. The Bertz CT molecular complexity index is 488. The number of benzene rings is 1. The van der Waals surface area contributed by atoms with E-state index in [4.69, 9.17) is 4.74 Å². The van der Waals surface area contributed by atoms with Gasteiger partial charge in [0.25, 0.3) is 0 Å². The molecule has 1 aromatic rings. The fraction of sp³-hybridized carbons (Fsp3) is 0.588. The maximum Gasteiger partial charge on any atom is 0.166 e. The van der Waals surface area contributed by atoms with Gasteiger partial charge in [-0.2, -0.15) is 0 Å². The lowest BCUT2D eigenvalue weighted by molar-refractivity contribution is 0.0894. The van der Waals surface area contributed by atoms with Gasteiger partial charge in [0.2, 0.25) is 0 Å². The van der Waals surface area contributed by atoms with Gasteiger partial charge in [-0.05, 0) is 76.9 Å². The molecular weight excluding hydrogens is 250 g/mol. The van der Waals surface area contributed by atoms with Gasteiger partial charge in [-0.25, -0.2) is 0 Å². The molecule has 1 N–H and O–H groups in total. The Morgan fingerprint density at radius 2 is 1.85 bits per heavy atom. The van der Waals surface area contributed by atoms with Gasteiger partial charge < -0.3 is 10.1 Å². The summed E-state index contributed by atoms with van der Waals surface area (Å²) in [4.78, 5) is 12.6. The third-order valence-electron chi connectivity index (χ3n) is 4.08. The Kier molecular flexibility index (Phi) is 4.81. The predicted molar refractivity (Wildman–Crippen MR) is 81.6 cm³/mol. The minimum absolute atomic E-state index is 0.152. The summed E-state index contributed by atoms with van der Waals surface area (Å²) in [6.45, 7) is 9.99. The summed E-state index contributed by atoms with van der Waals surface area (Å²) in [5, 5.41) is 3.31. The van der Waals surface area contributed by atoms with Crippen molar-refractivity contribution in [2.45, 2.75) is 46.6 Å². The van der Waals surface area contributed by atoms with Gasteiger partial charge in [0.15, 0.2) is 5.78 Å². The highest BCUT2D eigenvalue weighted by Gasteiger charge is 2.24. The van der Waals surface area contributed by atoms with Crippen LogP contribution in [0.3, 0.4) is 0 Å². The normalized spacial score (nSPS) is 16.4. The number of ether oxygens (including phenoxy) is 1. The fourth-order valence-electron chi connectivity index (χ4n) is 2.75. The molecule has 0 saturated carbocycles. The first kappa shape index (κ1) is 15.0. The van der Waals surface area contributed by atoms with Crippen molar-refractivity contribution in [3.8, 4) is 5.75 Å². The molecule has 1 fully saturated rings. The molecule has 0 radical (unpaired) electrons. The van der Waals surface area contributed by atoms with Gasteiger partial charge in [0, 0.05) is 11.5 Å². The van der Waals surface area contributed by atoms with Crippen LogP contribution in [-0.4, -0.2) is 25.0 Å². The van der Waals surface area contributed by atoms with Gasteiger partial charge >= 0.3 is 0 Å². The van der Waals surface area contributed by atoms with Gasteiger partial charge in [0.1, 0.15) is 5.75 Å². The van der Waals surface area contributed by atoms with Crippen LogP contribution in [-0.2, 0) is 0 Å². The van der Waals surface area contributed by atoms with Crippen molar-refractivity contribution in [3.05, 3.63) is 28.8 Å². The Labute approximate surface area is 121 Å². The Balaban J connectivity index is 2.24. The standard InChI is InChI=1S/C17H25NO2/c1-11(2)20-16-6-5-15(12(3)13(16)4)17(19)14-7-9-18-10-8-14/h5-6,11,14,18H,7-10H2,1-4H3. The van der Waals surface area contributed by atoms with Crippen molar-refractivity contribution in [2.24, 2.45) is 5.92 Å². The van der Waals surface area contributed by atoms with Crippen LogP contribution in [0, 0.1) is 19.8 Å². The third-order valence-corrected chi connectivity index (χ3v) is 4.08. The molecule has 20 heavy (non-hydrogen) atoms. The van der Waals surface area contributed by atoms with Crippen LogP contribution in [0.1, 0.15) is 48.2 Å². The molecule has 0 aliphatic carbocycles. The largest absolute Gasteiger partial charge is 0.491 e. The number of Topliss-reactive ketones (excluding diaryl/α,β-unsaturated/α-hetero) is 1. The molecule has 1 saturated heterocycles. The van der Waals surface area contributed by atoms with E-state index in [2.05, 4.69) is 5.32 Å². The van der Waals surface area contributed by atoms with Crippen molar-refractivity contribution in [2.75, 3.05) is 13.1 Å². The first-order valence-corrected chi connectivity index (χ1v) is 7.52. The van der Waals surface area contributed by atoms with Crippen LogP contribution in [0.5, 0.6) is 5.75 Å². The number of carbonyl (C=O) groups excluding carboxylic acids is 1. The van der Waals surface area contributed by atoms with Crippen LogP contribution in [0.15, 0.2) is 12.1 Å². The van der Waals surface area contributed by atoms with Crippen molar-refractivity contribution in [1.82, 2.24) is 5.32 Å². The van der Waals surface area contributed by atoms with E-state index >= 15 is 0 Å². The molecule has 3 heteroatoms. The number of hydrogen-bond acceptors (Lipinski definition) is 3. The molecule has 0 unspecified atom stereocenters. The number of ketones is 1. The summed E-state index contributed by atoms with van der Waals surface area (Å²) in [5.74, 6) is 1.36. The zero-order chi connectivity index (χ0) is 14.7. The molecule has 0 amide bonds. The average molecular weight is 275 g/mol. The summed E-state index contributed by atoms with van der Waals surface area (Å²) in [6, 6.07) is 3.88. The van der Waals surface area contributed by atoms with E-state index in [1.54, 1.807) is 0 Å². The van der Waals surface area contributed by atoms with Crippen molar-refractivity contribution >= 4 is 5.78 Å². The van der Waals surface area contributed by atoms with Gasteiger partial charge in [-0.15, -0.1) is 0 Å². The highest BCUT2D eigenvalue weighted by atomic mass is 16.5. The van der Waals surface area contributed by atoms with Crippen LogP contribution < -0.4 is 10.1 Å². The number of nitrogens with one attached hydrogen (secondary N) is 1. The van der Waals surface area contributed by atoms with E-state index in [-0.39, 0.29) is 12.0 Å². The summed E-state index contributed by atoms with van der Waals surface area (Å²) in [6.07, 6.45) is 2.04. The molecule has 0 spiro atoms. The van der Waals surface area contributed by atoms with Crippen LogP contribution >= 0.6 is 0 Å². The topological polar surface area (TPSA) is 38.3 Å². The maximum atomic E-state index is 12.6. The minimum atomic E-state index is 0.152. The molecule has 1 aromatic carbocycles. The third kappa shape index (κ3) is 3.21. The van der Waals surface area contributed by atoms with Crippen LogP contribution in [0.2, 0.25) is 0 Å². The molecule has 1 aliphatic heterocycles. The molecule has 0 bridgehead atoms. The van der Waals surface area contributed by atoms with E-state index in [1.165, 1.54) is 0 Å². The van der Waals surface area contributed by atoms with E-state index < -0.39 is 0 Å². The van der Waals surface area contributed by atoms with Crippen molar-refractivity contribution < 1.29 is 9.53 Å². The van der Waals surface area contributed by atoms with Gasteiger partial charge in [0.05, 0.1) is 6.10 Å². The first-order valence-electron chi connectivity index (χ1n) is 7.52. The number of rotatable bonds is 4. The first-order chi connectivity index (χ1) is 9.50. The fourth-order valence-corrected chi connectivity index (χ4v) is 2.75. The zero-order valence-electron chi connectivity index (χ0n) is 13.0. The highest BCUT2D eigenvalue weighted by molar-refractivity contribution is 5.99.